The van der Waals surface area contributed by atoms with Gasteiger partial charge in [-0.2, -0.15) is 0 Å². The third kappa shape index (κ3) is 3.20. The molecule has 2 rings (SSSR count). The van der Waals surface area contributed by atoms with Gasteiger partial charge in [0.05, 0.1) is 5.69 Å². The van der Waals surface area contributed by atoms with Gasteiger partial charge in [-0.05, 0) is 30.7 Å². The Kier molecular flexibility index (Phi) is 3.97. The molecule has 0 amide bonds. The van der Waals surface area contributed by atoms with Gasteiger partial charge in [0.25, 0.3) is 0 Å². The Morgan fingerprint density at radius 2 is 2.21 bits per heavy atom. The number of hydrogen-bond acceptors (Lipinski definition) is 3. The van der Waals surface area contributed by atoms with Crippen LogP contribution < -0.4 is 5.32 Å². The van der Waals surface area contributed by atoms with E-state index < -0.39 is 0 Å². The van der Waals surface area contributed by atoms with Crippen LogP contribution in [0.1, 0.15) is 18.2 Å². The van der Waals surface area contributed by atoms with E-state index in [1.54, 1.807) is 12.3 Å². The van der Waals surface area contributed by atoms with Crippen LogP contribution in [0.25, 0.3) is 11.6 Å². The van der Waals surface area contributed by atoms with Crippen molar-refractivity contribution in [1.82, 2.24) is 9.97 Å². The summed E-state index contributed by atoms with van der Waals surface area (Å²) < 4.78 is 0. The molecule has 3 nitrogen and oxygen atoms in total. The Morgan fingerprint density at radius 3 is 2.84 bits per heavy atom. The normalized spacial score (nSPS) is 10.0. The Balaban J connectivity index is 2.33. The highest BCUT2D eigenvalue weighted by Gasteiger charge is 2.06. The second kappa shape index (κ2) is 5.67. The van der Waals surface area contributed by atoms with Crippen molar-refractivity contribution in [3.63, 3.8) is 0 Å². The maximum atomic E-state index is 5.93. The molecule has 0 fully saturated rings. The SMILES string of the molecule is C=Cc1cnc(Nc2cccc(Cl)c2)nc1C(=C)C. The molecule has 0 aliphatic carbocycles. The predicted octanol–water partition coefficient (Wildman–Crippen LogP) is 4.55. The molecule has 1 aromatic heterocycles. The number of allylic oxidation sites excluding steroid dienone is 1. The highest BCUT2D eigenvalue weighted by molar-refractivity contribution is 6.30. The van der Waals surface area contributed by atoms with E-state index >= 15 is 0 Å². The minimum absolute atomic E-state index is 0.505. The van der Waals surface area contributed by atoms with E-state index in [1.807, 2.05) is 31.2 Å². The highest BCUT2D eigenvalue weighted by Crippen LogP contribution is 2.21. The van der Waals surface area contributed by atoms with Crippen LogP contribution in [0, 0.1) is 0 Å². The van der Waals surface area contributed by atoms with E-state index in [2.05, 4.69) is 28.4 Å². The molecule has 0 spiro atoms. The van der Waals surface area contributed by atoms with Crippen LogP contribution in [-0.2, 0) is 0 Å². The van der Waals surface area contributed by atoms with Gasteiger partial charge in [-0.1, -0.05) is 36.9 Å². The van der Waals surface area contributed by atoms with Crippen LogP contribution in [0.3, 0.4) is 0 Å². The fourth-order valence-electron chi connectivity index (χ4n) is 1.64. The number of benzene rings is 1. The lowest BCUT2D eigenvalue weighted by Gasteiger charge is -2.09. The maximum Gasteiger partial charge on any atom is 0.227 e. The lowest BCUT2D eigenvalue weighted by molar-refractivity contribution is 1.13. The number of anilines is 2. The van der Waals surface area contributed by atoms with Crippen LogP contribution in [0.4, 0.5) is 11.6 Å². The molecular formula is C15H14ClN3. The summed E-state index contributed by atoms with van der Waals surface area (Å²) in [5, 5.41) is 3.77. The lowest BCUT2D eigenvalue weighted by Crippen LogP contribution is -2.01. The van der Waals surface area contributed by atoms with Crippen molar-refractivity contribution in [2.45, 2.75) is 6.92 Å². The molecule has 96 valence electrons. The Bertz CT molecular complexity index is 635. The second-order valence-electron chi connectivity index (χ2n) is 4.12. The van der Waals surface area contributed by atoms with E-state index in [1.165, 1.54) is 0 Å². The number of halogens is 1. The molecule has 0 bridgehead atoms. The first-order valence-corrected chi connectivity index (χ1v) is 6.16. The first-order valence-electron chi connectivity index (χ1n) is 5.78. The van der Waals surface area contributed by atoms with Gasteiger partial charge in [0.1, 0.15) is 0 Å². The standard InChI is InChI=1S/C15H14ClN3/c1-4-11-9-17-15(19-14(11)10(2)3)18-13-7-5-6-12(16)8-13/h4-9H,1-2H2,3H3,(H,17,18,19). The molecule has 0 unspecified atom stereocenters. The molecule has 1 aromatic carbocycles. The van der Waals surface area contributed by atoms with Gasteiger partial charge in [-0.15, -0.1) is 0 Å². The molecule has 0 saturated heterocycles. The van der Waals surface area contributed by atoms with E-state index in [9.17, 15) is 0 Å². The van der Waals surface area contributed by atoms with Crippen LogP contribution in [0.15, 0.2) is 43.6 Å². The van der Waals surface area contributed by atoms with E-state index in [4.69, 9.17) is 11.6 Å². The molecule has 1 N–H and O–H groups in total. The van der Waals surface area contributed by atoms with Gasteiger partial charge >= 0.3 is 0 Å². The number of nitrogens with zero attached hydrogens (tertiary/aromatic N) is 2. The summed E-state index contributed by atoms with van der Waals surface area (Å²) in [6.45, 7) is 9.55. The maximum absolute atomic E-state index is 5.93. The number of nitrogens with one attached hydrogen (secondary N) is 1. The van der Waals surface area contributed by atoms with Gasteiger partial charge < -0.3 is 5.32 Å². The molecule has 1 heterocycles. The van der Waals surface area contributed by atoms with Gasteiger partial charge in [-0.25, -0.2) is 9.97 Å². The molecule has 0 atom stereocenters. The zero-order valence-electron chi connectivity index (χ0n) is 10.7. The summed E-state index contributed by atoms with van der Waals surface area (Å²) in [5.74, 6) is 0.505. The Hall–Kier alpha value is -2.13. The van der Waals surface area contributed by atoms with Crippen LogP contribution >= 0.6 is 11.6 Å². The fourth-order valence-corrected chi connectivity index (χ4v) is 1.83. The minimum Gasteiger partial charge on any atom is -0.324 e. The molecule has 0 radical (unpaired) electrons. The Labute approximate surface area is 117 Å². The third-order valence-corrected chi connectivity index (χ3v) is 2.76. The average molecular weight is 272 g/mol. The molecule has 4 heteroatoms. The number of hydrogen-bond donors (Lipinski definition) is 1. The van der Waals surface area contributed by atoms with Crippen LogP contribution in [0.2, 0.25) is 5.02 Å². The minimum atomic E-state index is 0.505. The average Bonchev–Trinajstić information content (AvgIpc) is 2.38. The van der Waals surface area contributed by atoms with Crippen molar-refractivity contribution in [1.29, 1.82) is 0 Å². The quantitative estimate of drug-likeness (QED) is 0.886. The van der Waals surface area contributed by atoms with Crippen LogP contribution in [-0.4, -0.2) is 9.97 Å². The third-order valence-electron chi connectivity index (χ3n) is 2.52. The zero-order valence-corrected chi connectivity index (χ0v) is 11.4. The first kappa shape index (κ1) is 13.3. The van der Waals surface area contributed by atoms with Gasteiger partial charge in [0.2, 0.25) is 5.95 Å². The van der Waals surface area contributed by atoms with Crippen LogP contribution in [0.5, 0.6) is 0 Å². The van der Waals surface area contributed by atoms with Crippen molar-refractivity contribution in [3.05, 3.63) is 59.9 Å². The smallest absolute Gasteiger partial charge is 0.227 e. The number of aromatic nitrogens is 2. The summed E-state index contributed by atoms with van der Waals surface area (Å²) in [4.78, 5) is 8.67. The summed E-state index contributed by atoms with van der Waals surface area (Å²) in [7, 11) is 0. The van der Waals surface area contributed by atoms with Crippen molar-refractivity contribution < 1.29 is 0 Å². The van der Waals surface area contributed by atoms with Crippen molar-refractivity contribution in [2.75, 3.05) is 5.32 Å². The summed E-state index contributed by atoms with van der Waals surface area (Å²) in [5.41, 5.74) is 3.36. The zero-order chi connectivity index (χ0) is 13.8. The monoisotopic (exact) mass is 271 g/mol. The number of rotatable bonds is 4. The Morgan fingerprint density at radius 1 is 1.42 bits per heavy atom. The fraction of sp³-hybridized carbons (Fsp3) is 0.0667. The molecule has 0 aliphatic rings. The van der Waals surface area contributed by atoms with Crippen molar-refractivity contribution in [2.24, 2.45) is 0 Å². The van der Waals surface area contributed by atoms with Gasteiger partial charge in [0.15, 0.2) is 0 Å². The van der Waals surface area contributed by atoms with Gasteiger partial charge in [-0.3, -0.25) is 0 Å². The highest BCUT2D eigenvalue weighted by atomic mass is 35.5. The van der Waals surface area contributed by atoms with Crippen molar-refractivity contribution >= 4 is 34.9 Å². The van der Waals surface area contributed by atoms with Gasteiger partial charge in [0, 0.05) is 22.5 Å². The van der Waals surface area contributed by atoms with E-state index in [-0.39, 0.29) is 0 Å². The molecular weight excluding hydrogens is 258 g/mol. The lowest BCUT2D eigenvalue weighted by atomic mass is 10.1. The second-order valence-corrected chi connectivity index (χ2v) is 4.55. The summed E-state index contributed by atoms with van der Waals surface area (Å²) in [6, 6.07) is 7.39. The summed E-state index contributed by atoms with van der Waals surface area (Å²) >= 11 is 5.93. The largest absolute Gasteiger partial charge is 0.324 e. The molecule has 19 heavy (non-hydrogen) atoms. The molecule has 0 aliphatic heterocycles. The summed E-state index contributed by atoms with van der Waals surface area (Å²) in [6.07, 6.45) is 3.43. The molecule has 2 aromatic rings. The molecule has 0 saturated carbocycles. The van der Waals surface area contributed by atoms with E-state index in [0.29, 0.717) is 11.0 Å². The topological polar surface area (TPSA) is 37.8 Å². The van der Waals surface area contributed by atoms with E-state index in [0.717, 1.165) is 22.5 Å². The first-order chi connectivity index (χ1) is 9.10. The van der Waals surface area contributed by atoms with Crippen molar-refractivity contribution in [3.8, 4) is 0 Å². The predicted molar refractivity (Wildman–Crippen MR) is 81.6 cm³/mol.